The molecule has 0 aliphatic carbocycles. The molecule has 3 rings (SSSR count). The minimum Gasteiger partial charge on any atom is -0.493 e. The smallest absolute Gasteiger partial charge is 0.329 e. The van der Waals surface area contributed by atoms with E-state index in [1.54, 1.807) is 30.3 Å². The summed E-state index contributed by atoms with van der Waals surface area (Å²) in [5, 5.41) is 6.88. The van der Waals surface area contributed by atoms with Crippen LogP contribution in [0.25, 0.3) is 0 Å². The first kappa shape index (κ1) is 26.9. The quantitative estimate of drug-likeness (QED) is 0.178. The third-order valence-corrected chi connectivity index (χ3v) is 6.23. The van der Waals surface area contributed by atoms with Crippen LogP contribution in [0.5, 0.6) is 11.5 Å². The standard InChI is InChI=1S/C23H16Br2Cl2FN3O4/c1-34-20-8-12(7-15(25)21(20)35-11-14-16(26)3-2-4-17(14)27)10-29-31-23(33)22(32)30-19-6-5-13(24)9-18(19)28/h2-10H,11H2,1H3,(H,30,32)(H,31,33). The molecule has 0 spiro atoms. The van der Waals surface area contributed by atoms with E-state index in [0.29, 0.717) is 41.6 Å². The molecule has 0 heterocycles. The normalized spacial score (nSPS) is 10.8. The van der Waals surface area contributed by atoms with Gasteiger partial charge >= 0.3 is 11.8 Å². The lowest BCUT2D eigenvalue weighted by Crippen LogP contribution is -2.32. The van der Waals surface area contributed by atoms with Gasteiger partial charge in [0.05, 0.1) is 23.5 Å². The van der Waals surface area contributed by atoms with Crippen LogP contribution in [0.4, 0.5) is 10.1 Å². The fourth-order valence-electron chi connectivity index (χ4n) is 2.76. The van der Waals surface area contributed by atoms with Gasteiger partial charge in [-0.2, -0.15) is 5.10 Å². The van der Waals surface area contributed by atoms with E-state index in [1.165, 1.54) is 25.5 Å². The fraction of sp³-hybridized carbons (Fsp3) is 0.0870. The maximum atomic E-state index is 13.8. The molecule has 3 aromatic rings. The molecule has 2 amide bonds. The third kappa shape index (κ3) is 7.17. The van der Waals surface area contributed by atoms with Gasteiger partial charge in [-0.15, -0.1) is 0 Å². The zero-order valence-corrected chi connectivity index (χ0v) is 22.6. The second-order valence-electron chi connectivity index (χ2n) is 6.80. The summed E-state index contributed by atoms with van der Waals surface area (Å²) in [5.74, 6) is -2.07. The molecule has 0 unspecified atom stereocenters. The van der Waals surface area contributed by atoms with E-state index in [1.807, 2.05) is 0 Å². The number of amides is 2. The number of hydrogen-bond acceptors (Lipinski definition) is 5. The molecular weight excluding hydrogens is 632 g/mol. The summed E-state index contributed by atoms with van der Waals surface area (Å²) >= 11 is 18.9. The minimum atomic E-state index is -1.08. The average molecular weight is 648 g/mol. The molecule has 2 N–H and O–H groups in total. The van der Waals surface area contributed by atoms with Crippen molar-refractivity contribution in [2.24, 2.45) is 5.10 Å². The summed E-state index contributed by atoms with van der Waals surface area (Å²) in [6.45, 7) is 0.102. The molecule has 35 heavy (non-hydrogen) atoms. The Morgan fingerprint density at radius 3 is 2.46 bits per heavy atom. The second kappa shape index (κ2) is 12.3. The molecule has 0 saturated carbocycles. The van der Waals surface area contributed by atoms with Crippen molar-refractivity contribution in [3.63, 3.8) is 0 Å². The van der Waals surface area contributed by atoms with Gasteiger partial charge in [0.15, 0.2) is 11.5 Å². The monoisotopic (exact) mass is 645 g/mol. The molecule has 0 bridgehead atoms. The molecule has 0 aliphatic heterocycles. The molecule has 0 aliphatic rings. The van der Waals surface area contributed by atoms with Gasteiger partial charge in [-0.1, -0.05) is 45.2 Å². The number of carbonyl (C=O) groups excluding carboxylic acids is 2. The van der Waals surface area contributed by atoms with Crippen LogP contribution in [-0.4, -0.2) is 25.1 Å². The minimum absolute atomic E-state index is 0.102. The van der Waals surface area contributed by atoms with Crippen molar-refractivity contribution in [1.82, 2.24) is 5.43 Å². The van der Waals surface area contributed by atoms with Crippen molar-refractivity contribution in [1.29, 1.82) is 0 Å². The summed E-state index contributed by atoms with van der Waals surface area (Å²) < 4.78 is 26.1. The number of hydrazone groups is 1. The van der Waals surface area contributed by atoms with Crippen LogP contribution in [0.2, 0.25) is 10.0 Å². The van der Waals surface area contributed by atoms with Crippen molar-refractivity contribution < 1.29 is 23.5 Å². The zero-order valence-electron chi connectivity index (χ0n) is 17.9. The van der Waals surface area contributed by atoms with Gasteiger partial charge in [-0.25, -0.2) is 9.82 Å². The number of ether oxygens (including phenoxy) is 2. The number of nitrogens with zero attached hydrogens (tertiary/aromatic N) is 1. The number of methoxy groups -OCH3 is 1. The van der Waals surface area contributed by atoms with Crippen LogP contribution < -0.4 is 20.2 Å². The first-order valence-electron chi connectivity index (χ1n) is 9.72. The van der Waals surface area contributed by atoms with Crippen LogP contribution in [0.15, 0.2) is 62.6 Å². The average Bonchev–Trinajstić information content (AvgIpc) is 2.81. The van der Waals surface area contributed by atoms with Crippen LogP contribution >= 0.6 is 55.1 Å². The number of rotatable bonds is 7. The largest absolute Gasteiger partial charge is 0.493 e. The SMILES string of the molecule is COc1cc(C=NNC(=O)C(=O)Nc2ccc(Br)cc2F)cc(Br)c1OCc1c(Cl)cccc1Cl. The first-order valence-corrected chi connectivity index (χ1v) is 12.1. The molecule has 7 nitrogen and oxygen atoms in total. The molecule has 0 saturated heterocycles. The summed E-state index contributed by atoms with van der Waals surface area (Å²) in [4.78, 5) is 24.0. The van der Waals surface area contributed by atoms with Gasteiger partial charge in [-0.3, -0.25) is 9.59 Å². The highest BCUT2D eigenvalue weighted by Crippen LogP contribution is 2.37. The summed E-state index contributed by atoms with van der Waals surface area (Å²) in [6.07, 6.45) is 1.30. The van der Waals surface area contributed by atoms with Gasteiger partial charge in [0.25, 0.3) is 0 Å². The summed E-state index contributed by atoms with van der Waals surface area (Å²) in [6, 6.07) is 12.4. The first-order chi connectivity index (χ1) is 16.7. The molecule has 182 valence electrons. The number of benzene rings is 3. The molecule has 0 fully saturated rings. The van der Waals surface area contributed by atoms with Crippen LogP contribution in [-0.2, 0) is 16.2 Å². The summed E-state index contributed by atoms with van der Waals surface area (Å²) in [5.41, 5.74) is 3.09. The molecule has 3 aromatic carbocycles. The highest BCUT2D eigenvalue weighted by molar-refractivity contribution is 9.10. The number of hydrogen-bond donors (Lipinski definition) is 2. The molecule has 0 radical (unpaired) electrons. The number of carbonyl (C=O) groups is 2. The van der Waals surface area contributed by atoms with Gasteiger partial charge in [0.1, 0.15) is 12.4 Å². The number of nitrogens with one attached hydrogen (secondary N) is 2. The van der Waals surface area contributed by atoms with E-state index in [2.05, 4.69) is 47.7 Å². The highest BCUT2D eigenvalue weighted by atomic mass is 79.9. The number of anilines is 1. The van der Waals surface area contributed by atoms with Gasteiger partial charge in [0.2, 0.25) is 0 Å². The van der Waals surface area contributed by atoms with Crippen molar-refractivity contribution in [3.05, 3.63) is 84.5 Å². The highest BCUT2D eigenvalue weighted by Gasteiger charge is 2.16. The van der Waals surface area contributed by atoms with Crippen LogP contribution in [0, 0.1) is 5.82 Å². The topological polar surface area (TPSA) is 89.0 Å². The lowest BCUT2D eigenvalue weighted by atomic mass is 10.2. The van der Waals surface area contributed by atoms with Gasteiger partial charge in [0, 0.05) is 20.1 Å². The Kier molecular flexibility index (Phi) is 9.50. The Morgan fingerprint density at radius 1 is 1.09 bits per heavy atom. The van der Waals surface area contributed by atoms with Crippen molar-refractivity contribution >= 4 is 78.8 Å². The van der Waals surface area contributed by atoms with Crippen molar-refractivity contribution in [2.45, 2.75) is 6.61 Å². The van der Waals surface area contributed by atoms with Crippen LogP contribution in [0.1, 0.15) is 11.1 Å². The predicted octanol–water partition coefficient (Wildman–Crippen LogP) is 6.33. The molecule has 0 atom stereocenters. The summed E-state index contributed by atoms with van der Waals surface area (Å²) in [7, 11) is 1.46. The lowest BCUT2D eigenvalue weighted by Gasteiger charge is -2.14. The van der Waals surface area contributed by atoms with Crippen molar-refractivity contribution in [2.75, 3.05) is 12.4 Å². The van der Waals surface area contributed by atoms with E-state index in [9.17, 15) is 14.0 Å². The van der Waals surface area contributed by atoms with E-state index < -0.39 is 17.6 Å². The Balaban J connectivity index is 1.65. The second-order valence-corrected chi connectivity index (χ2v) is 9.38. The molecular formula is C23H16Br2Cl2FN3O4. The number of halogens is 5. The van der Waals surface area contributed by atoms with E-state index >= 15 is 0 Å². The Hall–Kier alpha value is -2.66. The van der Waals surface area contributed by atoms with E-state index in [0.717, 1.165) is 6.07 Å². The molecule has 0 aromatic heterocycles. The molecule has 12 heteroatoms. The fourth-order valence-corrected chi connectivity index (χ4v) is 4.17. The van der Waals surface area contributed by atoms with E-state index in [-0.39, 0.29) is 12.3 Å². The lowest BCUT2D eigenvalue weighted by molar-refractivity contribution is -0.136. The zero-order chi connectivity index (χ0) is 25.5. The van der Waals surface area contributed by atoms with Crippen molar-refractivity contribution in [3.8, 4) is 11.5 Å². The maximum Gasteiger partial charge on any atom is 0.329 e. The van der Waals surface area contributed by atoms with E-state index in [4.69, 9.17) is 32.7 Å². The Labute approximate surface area is 226 Å². The van der Waals surface area contributed by atoms with Gasteiger partial charge < -0.3 is 14.8 Å². The maximum absolute atomic E-state index is 13.8. The van der Waals surface area contributed by atoms with Gasteiger partial charge in [-0.05, 0) is 64.0 Å². The predicted molar refractivity (Wildman–Crippen MR) is 140 cm³/mol. The third-order valence-electron chi connectivity index (χ3n) is 4.44. The Morgan fingerprint density at radius 2 is 1.80 bits per heavy atom. The van der Waals surface area contributed by atoms with Crippen LogP contribution in [0.3, 0.4) is 0 Å². The Bertz CT molecular complexity index is 1290.